The Morgan fingerprint density at radius 2 is 2.21 bits per heavy atom. The van der Waals surface area contributed by atoms with Crippen LogP contribution in [-0.4, -0.2) is 43.9 Å². The van der Waals surface area contributed by atoms with E-state index in [9.17, 15) is 4.79 Å². The lowest BCUT2D eigenvalue weighted by molar-refractivity contribution is 0.0675. The number of likely N-dealkylation sites (tertiary alicyclic amines) is 1. The van der Waals surface area contributed by atoms with Gasteiger partial charge < -0.3 is 9.32 Å². The topological polar surface area (TPSA) is 80.0 Å². The molecule has 7 nitrogen and oxygen atoms in total. The molecule has 3 aromatic heterocycles. The number of nitrogens with one attached hydrogen (secondary N) is 1. The fourth-order valence-corrected chi connectivity index (χ4v) is 3.14. The van der Waals surface area contributed by atoms with Crippen molar-refractivity contribution in [2.45, 2.75) is 19.4 Å². The van der Waals surface area contributed by atoms with E-state index in [2.05, 4.69) is 15.3 Å². The van der Waals surface area contributed by atoms with Gasteiger partial charge in [0.1, 0.15) is 5.69 Å². The zero-order valence-electron chi connectivity index (χ0n) is 13.3. The van der Waals surface area contributed by atoms with Crippen LogP contribution in [0.25, 0.3) is 11.5 Å². The fourth-order valence-electron chi connectivity index (χ4n) is 3.14. The summed E-state index contributed by atoms with van der Waals surface area (Å²) in [5.41, 5.74) is 1.16. The number of hydrogen-bond acceptors (Lipinski definition) is 4. The summed E-state index contributed by atoms with van der Waals surface area (Å²) in [4.78, 5) is 14.5. The lowest BCUT2D eigenvalue weighted by Crippen LogP contribution is -2.39. The Balaban J connectivity index is 1.36. The highest BCUT2D eigenvalue weighted by molar-refractivity contribution is 5.93. The molecular formula is C17H19N5O2. The first-order valence-electron chi connectivity index (χ1n) is 8.15. The summed E-state index contributed by atoms with van der Waals surface area (Å²) in [7, 11) is 0. The van der Waals surface area contributed by atoms with Crippen LogP contribution in [0.4, 0.5) is 0 Å². The number of H-pyrrole nitrogens is 1. The molecule has 0 spiro atoms. The maximum absolute atomic E-state index is 12.6. The highest BCUT2D eigenvalue weighted by Crippen LogP contribution is 2.22. The molecule has 1 amide bonds. The smallest absolute Gasteiger partial charge is 0.274 e. The summed E-state index contributed by atoms with van der Waals surface area (Å²) in [6.07, 6.45) is 7.36. The molecule has 4 rings (SSSR count). The van der Waals surface area contributed by atoms with Gasteiger partial charge in [-0.25, -0.2) is 0 Å². The van der Waals surface area contributed by atoms with Crippen LogP contribution in [0.3, 0.4) is 0 Å². The van der Waals surface area contributed by atoms with E-state index in [1.807, 2.05) is 34.0 Å². The molecule has 0 aliphatic carbocycles. The molecule has 1 aliphatic rings. The lowest BCUT2D eigenvalue weighted by Gasteiger charge is -2.31. The molecule has 7 heteroatoms. The summed E-state index contributed by atoms with van der Waals surface area (Å²) < 4.78 is 7.28. The van der Waals surface area contributed by atoms with Crippen LogP contribution < -0.4 is 0 Å². The predicted octanol–water partition coefficient (Wildman–Crippen LogP) is 2.42. The Morgan fingerprint density at radius 3 is 2.92 bits per heavy atom. The van der Waals surface area contributed by atoms with Gasteiger partial charge in [-0.05, 0) is 37.0 Å². The number of carbonyl (C=O) groups excluding carboxylic acids is 1. The zero-order valence-corrected chi connectivity index (χ0v) is 13.3. The van der Waals surface area contributed by atoms with Crippen molar-refractivity contribution in [3.05, 3.63) is 48.6 Å². The minimum Gasteiger partial charge on any atom is -0.463 e. The molecule has 124 valence electrons. The largest absolute Gasteiger partial charge is 0.463 e. The third-order valence-corrected chi connectivity index (χ3v) is 4.49. The van der Waals surface area contributed by atoms with Crippen molar-refractivity contribution in [1.29, 1.82) is 0 Å². The molecule has 0 aromatic carbocycles. The van der Waals surface area contributed by atoms with Crippen molar-refractivity contribution >= 4 is 5.91 Å². The van der Waals surface area contributed by atoms with Crippen LogP contribution in [0.5, 0.6) is 0 Å². The maximum Gasteiger partial charge on any atom is 0.274 e. The normalized spacial score (nSPS) is 15.8. The molecule has 3 aromatic rings. The SMILES string of the molecule is O=C(c1cc(-c2ccco2)[nH]n1)N1CCC(Cn2cccn2)CC1. The fraction of sp³-hybridized carbons (Fsp3) is 0.353. The first-order chi connectivity index (χ1) is 11.8. The van der Waals surface area contributed by atoms with Gasteiger partial charge in [0.25, 0.3) is 5.91 Å². The number of rotatable bonds is 4. The summed E-state index contributed by atoms with van der Waals surface area (Å²) >= 11 is 0. The second-order valence-electron chi connectivity index (χ2n) is 6.11. The van der Waals surface area contributed by atoms with E-state index in [-0.39, 0.29) is 5.91 Å². The Morgan fingerprint density at radius 1 is 1.33 bits per heavy atom. The number of aromatic nitrogens is 4. The van der Waals surface area contributed by atoms with E-state index in [4.69, 9.17) is 4.42 Å². The summed E-state index contributed by atoms with van der Waals surface area (Å²) in [5.74, 6) is 1.22. The average molecular weight is 325 g/mol. The molecule has 1 saturated heterocycles. The predicted molar refractivity (Wildman–Crippen MR) is 87.1 cm³/mol. The summed E-state index contributed by atoms with van der Waals surface area (Å²) in [6.45, 7) is 2.43. The number of hydrogen-bond donors (Lipinski definition) is 1. The van der Waals surface area contributed by atoms with Crippen molar-refractivity contribution in [2.24, 2.45) is 5.92 Å². The van der Waals surface area contributed by atoms with Gasteiger partial charge in [0.15, 0.2) is 11.5 Å². The van der Waals surface area contributed by atoms with Crippen LogP contribution >= 0.6 is 0 Å². The van der Waals surface area contributed by atoms with Gasteiger partial charge in [-0.3, -0.25) is 14.6 Å². The Bertz CT molecular complexity index is 783. The molecule has 0 radical (unpaired) electrons. The molecule has 1 N–H and O–H groups in total. The van der Waals surface area contributed by atoms with Gasteiger partial charge in [0.2, 0.25) is 0 Å². The monoisotopic (exact) mass is 325 g/mol. The molecule has 0 bridgehead atoms. The Labute approximate surface area is 139 Å². The van der Waals surface area contributed by atoms with E-state index < -0.39 is 0 Å². The summed E-state index contributed by atoms with van der Waals surface area (Å²) in [5, 5.41) is 11.3. The van der Waals surface area contributed by atoms with Gasteiger partial charge in [-0.15, -0.1) is 0 Å². The quantitative estimate of drug-likeness (QED) is 0.799. The standard InChI is InChI=1S/C17H19N5O2/c23-17(15-11-14(19-20-15)16-3-1-10-24-16)21-8-4-13(5-9-21)12-22-7-2-6-18-22/h1-3,6-7,10-11,13H,4-5,8-9,12H2,(H,19,20). The number of carbonyl (C=O) groups is 1. The van der Waals surface area contributed by atoms with Crippen LogP contribution in [0.1, 0.15) is 23.3 Å². The van der Waals surface area contributed by atoms with E-state index in [1.165, 1.54) is 0 Å². The Kier molecular flexibility index (Phi) is 3.90. The zero-order chi connectivity index (χ0) is 16.4. The number of piperidine rings is 1. The van der Waals surface area contributed by atoms with Gasteiger partial charge in [0.05, 0.1) is 6.26 Å². The molecule has 4 heterocycles. The summed E-state index contributed by atoms with van der Waals surface area (Å²) in [6, 6.07) is 7.33. The maximum atomic E-state index is 12.6. The molecule has 0 atom stereocenters. The molecule has 0 saturated carbocycles. The lowest BCUT2D eigenvalue weighted by atomic mass is 9.96. The van der Waals surface area contributed by atoms with Crippen LogP contribution in [-0.2, 0) is 6.54 Å². The van der Waals surface area contributed by atoms with Crippen LogP contribution in [0.15, 0.2) is 47.3 Å². The van der Waals surface area contributed by atoms with Gasteiger partial charge in [-0.2, -0.15) is 10.2 Å². The first-order valence-corrected chi connectivity index (χ1v) is 8.15. The van der Waals surface area contributed by atoms with Crippen LogP contribution in [0, 0.1) is 5.92 Å². The number of nitrogens with zero attached hydrogens (tertiary/aromatic N) is 4. The third kappa shape index (κ3) is 2.97. The van der Waals surface area contributed by atoms with Crippen molar-refractivity contribution in [2.75, 3.05) is 13.1 Å². The van der Waals surface area contributed by atoms with Gasteiger partial charge in [-0.1, -0.05) is 0 Å². The highest BCUT2D eigenvalue weighted by atomic mass is 16.3. The number of amides is 1. The van der Waals surface area contributed by atoms with Crippen LogP contribution in [0.2, 0.25) is 0 Å². The Hall–Kier alpha value is -2.83. The molecular weight excluding hydrogens is 306 g/mol. The molecule has 1 aliphatic heterocycles. The highest BCUT2D eigenvalue weighted by Gasteiger charge is 2.25. The van der Waals surface area contributed by atoms with E-state index in [0.717, 1.165) is 38.2 Å². The van der Waals surface area contributed by atoms with E-state index >= 15 is 0 Å². The number of aromatic amines is 1. The molecule has 0 unspecified atom stereocenters. The minimum absolute atomic E-state index is 0.0263. The number of furan rings is 1. The van der Waals surface area contributed by atoms with Crippen molar-refractivity contribution in [1.82, 2.24) is 24.9 Å². The molecule has 1 fully saturated rings. The van der Waals surface area contributed by atoms with Crippen molar-refractivity contribution < 1.29 is 9.21 Å². The van der Waals surface area contributed by atoms with Crippen molar-refractivity contribution in [3.8, 4) is 11.5 Å². The third-order valence-electron chi connectivity index (χ3n) is 4.49. The first kappa shape index (κ1) is 14.7. The van der Waals surface area contributed by atoms with E-state index in [1.54, 1.807) is 18.5 Å². The minimum atomic E-state index is -0.0263. The second-order valence-corrected chi connectivity index (χ2v) is 6.11. The van der Waals surface area contributed by atoms with Gasteiger partial charge >= 0.3 is 0 Å². The van der Waals surface area contributed by atoms with E-state index in [0.29, 0.717) is 17.4 Å². The average Bonchev–Trinajstić information content (AvgIpc) is 3.36. The van der Waals surface area contributed by atoms with Gasteiger partial charge in [0, 0.05) is 38.1 Å². The molecule has 24 heavy (non-hydrogen) atoms. The van der Waals surface area contributed by atoms with Crippen molar-refractivity contribution in [3.63, 3.8) is 0 Å². The second kappa shape index (κ2) is 6.35.